The van der Waals surface area contributed by atoms with Crippen molar-refractivity contribution in [3.05, 3.63) is 36.2 Å². The molecule has 0 saturated heterocycles. The molecular formula is C10H10F3NO3S. The van der Waals surface area contributed by atoms with Crippen LogP contribution >= 0.6 is 0 Å². The van der Waals surface area contributed by atoms with Gasteiger partial charge in [0.25, 0.3) is 9.84 Å². The molecule has 3 N–H and O–H groups in total. The first-order valence-corrected chi connectivity index (χ1v) is 6.20. The third-order valence-corrected chi connectivity index (χ3v) is 3.86. The number of alkyl halides is 2. The van der Waals surface area contributed by atoms with Gasteiger partial charge in [-0.15, -0.1) is 0 Å². The highest BCUT2D eigenvalue weighted by Gasteiger charge is 2.51. The lowest BCUT2D eigenvalue weighted by Crippen LogP contribution is -2.30. The average Bonchev–Trinajstić information content (AvgIpc) is 2.29. The van der Waals surface area contributed by atoms with Crippen LogP contribution in [0.4, 0.5) is 13.2 Å². The molecule has 0 unspecified atom stereocenters. The Morgan fingerprint density at radius 3 is 2.44 bits per heavy atom. The Balaban J connectivity index is 3.40. The lowest BCUT2D eigenvalue weighted by atomic mass is 10.3. The van der Waals surface area contributed by atoms with E-state index in [9.17, 15) is 26.7 Å². The maximum atomic E-state index is 13.4. The van der Waals surface area contributed by atoms with Gasteiger partial charge in [-0.05, 0) is 18.2 Å². The summed E-state index contributed by atoms with van der Waals surface area (Å²) in [6, 6.07) is 4.05. The highest BCUT2D eigenvalue weighted by molar-refractivity contribution is 7.92. The number of hydrogen-bond acceptors (Lipinski definition) is 4. The van der Waals surface area contributed by atoms with Crippen molar-refractivity contribution in [3.63, 3.8) is 0 Å². The van der Waals surface area contributed by atoms with Crippen molar-refractivity contribution in [2.45, 2.75) is 10.2 Å². The summed E-state index contributed by atoms with van der Waals surface area (Å²) < 4.78 is 63.1. The zero-order valence-corrected chi connectivity index (χ0v) is 9.79. The lowest BCUT2D eigenvalue weighted by Gasteiger charge is -2.15. The average molecular weight is 281 g/mol. The first-order chi connectivity index (χ1) is 8.25. The number of sulfone groups is 1. The van der Waals surface area contributed by atoms with Gasteiger partial charge in [0.05, 0.1) is 0 Å². The van der Waals surface area contributed by atoms with Crippen LogP contribution < -0.4 is 5.73 Å². The van der Waals surface area contributed by atoms with E-state index in [0.717, 1.165) is 18.2 Å². The summed E-state index contributed by atoms with van der Waals surface area (Å²) in [5.74, 6) is -3.05. The zero-order valence-electron chi connectivity index (χ0n) is 8.98. The van der Waals surface area contributed by atoms with Crippen LogP contribution in [0.3, 0.4) is 0 Å². The van der Waals surface area contributed by atoms with Crippen LogP contribution in [0.5, 0.6) is 5.75 Å². The quantitative estimate of drug-likeness (QED) is 0.878. The van der Waals surface area contributed by atoms with Crippen molar-refractivity contribution < 1.29 is 26.7 Å². The molecule has 0 heterocycles. The van der Waals surface area contributed by atoms with E-state index in [4.69, 9.17) is 5.73 Å². The Morgan fingerprint density at radius 2 is 1.94 bits per heavy atom. The number of hydrogen-bond donors (Lipinski definition) is 2. The van der Waals surface area contributed by atoms with Gasteiger partial charge in [-0.25, -0.2) is 12.8 Å². The molecular weight excluding hydrogens is 271 g/mol. The van der Waals surface area contributed by atoms with E-state index in [-0.39, 0.29) is 6.08 Å². The van der Waals surface area contributed by atoms with Gasteiger partial charge in [0.15, 0.2) is 5.83 Å². The van der Waals surface area contributed by atoms with Crippen LogP contribution in [0.25, 0.3) is 0 Å². The van der Waals surface area contributed by atoms with Gasteiger partial charge in [0.1, 0.15) is 10.6 Å². The molecule has 0 aliphatic rings. The molecule has 100 valence electrons. The molecule has 4 nitrogen and oxygen atoms in total. The molecule has 0 radical (unpaired) electrons. The molecule has 0 amide bonds. The molecule has 1 aromatic rings. The number of para-hydroxylation sites is 1. The van der Waals surface area contributed by atoms with E-state index >= 15 is 0 Å². The van der Waals surface area contributed by atoms with Gasteiger partial charge in [0, 0.05) is 6.54 Å². The molecule has 1 aromatic carbocycles. The monoisotopic (exact) mass is 281 g/mol. The number of aromatic hydroxyl groups is 1. The van der Waals surface area contributed by atoms with Crippen LogP contribution in [0.15, 0.2) is 41.1 Å². The zero-order chi connectivity index (χ0) is 14.0. The van der Waals surface area contributed by atoms with Gasteiger partial charge >= 0.3 is 5.25 Å². The topological polar surface area (TPSA) is 80.4 Å². The first kappa shape index (κ1) is 14.5. The smallest absolute Gasteiger partial charge is 0.400 e. The lowest BCUT2D eigenvalue weighted by molar-refractivity contribution is 0.105. The van der Waals surface area contributed by atoms with Crippen molar-refractivity contribution in [1.29, 1.82) is 0 Å². The van der Waals surface area contributed by atoms with Gasteiger partial charge in [0.2, 0.25) is 0 Å². The summed E-state index contributed by atoms with van der Waals surface area (Å²) in [5, 5.41) is 4.47. The van der Waals surface area contributed by atoms with Gasteiger partial charge in [-0.3, -0.25) is 0 Å². The minimum atomic E-state index is -5.37. The Bertz CT molecular complexity index is 569. The highest BCUT2D eigenvalue weighted by atomic mass is 32.2. The van der Waals surface area contributed by atoms with E-state index in [0.29, 0.717) is 0 Å². The Kier molecular flexibility index (Phi) is 4.02. The second kappa shape index (κ2) is 4.99. The maximum Gasteiger partial charge on any atom is 0.400 e. The van der Waals surface area contributed by atoms with Crippen molar-refractivity contribution in [1.82, 2.24) is 0 Å². The molecule has 0 aromatic heterocycles. The van der Waals surface area contributed by atoms with Gasteiger partial charge in [-0.1, -0.05) is 12.1 Å². The number of halogens is 3. The summed E-state index contributed by atoms with van der Waals surface area (Å²) in [7, 11) is -5.37. The fraction of sp³-hybridized carbons (Fsp3) is 0.200. The predicted octanol–water partition coefficient (Wildman–Crippen LogP) is 1.57. The van der Waals surface area contributed by atoms with E-state index in [2.05, 4.69) is 0 Å². The summed E-state index contributed by atoms with van der Waals surface area (Å²) in [4.78, 5) is -1.05. The second-order valence-electron chi connectivity index (χ2n) is 3.28. The van der Waals surface area contributed by atoms with Crippen LogP contribution in [0.1, 0.15) is 0 Å². The minimum Gasteiger partial charge on any atom is -0.507 e. The van der Waals surface area contributed by atoms with E-state index in [1.807, 2.05) is 0 Å². The van der Waals surface area contributed by atoms with E-state index in [1.54, 1.807) is 0 Å². The second-order valence-corrected chi connectivity index (χ2v) is 5.24. The number of nitrogens with two attached hydrogens (primary N) is 1. The Labute approximate surface area is 101 Å². The molecule has 8 heteroatoms. The predicted molar refractivity (Wildman–Crippen MR) is 58.5 cm³/mol. The Morgan fingerprint density at radius 1 is 1.39 bits per heavy atom. The molecule has 18 heavy (non-hydrogen) atoms. The molecule has 0 aliphatic heterocycles. The minimum absolute atomic E-state index is 0.261. The number of rotatable bonds is 4. The number of phenols is 1. The maximum absolute atomic E-state index is 13.4. The number of benzene rings is 1. The largest absolute Gasteiger partial charge is 0.507 e. The van der Waals surface area contributed by atoms with Crippen LogP contribution in [-0.2, 0) is 9.84 Å². The van der Waals surface area contributed by atoms with Crippen LogP contribution in [-0.4, -0.2) is 25.3 Å². The summed E-state index contributed by atoms with van der Waals surface area (Å²) in [6.45, 7) is -0.572. The van der Waals surface area contributed by atoms with E-state index in [1.165, 1.54) is 6.07 Å². The van der Waals surface area contributed by atoms with Crippen molar-refractivity contribution in [3.8, 4) is 5.75 Å². The molecule has 0 fully saturated rings. The summed E-state index contributed by atoms with van der Waals surface area (Å²) in [6.07, 6.45) is 0.261. The van der Waals surface area contributed by atoms with Crippen molar-refractivity contribution in [2.24, 2.45) is 5.73 Å². The molecule has 0 bridgehead atoms. The SMILES string of the molecule is NC/C=C(\F)C(F)(F)S(=O)(=O)c1ccccc1O. The third-order valence-electron chi connectivity index (χ3n) is 2.07. The third kappa shape index (κ3) is 2.34. The van der Waals surface area contributed by atoms with Crippen LogP contribution in [0, 0.1) is 0 Å². The Hall–Kier alpha value is -1.54. The van der Waals surface area contributed by atoms with Crippen molar-refractivity contribution >= 4 is 9.84 Å². The van der Waals surface area contributed by atoms with Gasteiger partial charge < -0.3 is 10.8 Å². The first-order valence-electron chi connectivity index (χ1n) is 4.71. The van der Waals surface area contributed by atoms with Gasteiger partial charge in [-0.2, -0.15) is 8.78 Å². The number of phenolic OH excluding ortho intramolecular Hbond substituents is 1. The standard InChI is InChI=1S/C10H10F3NO3S/c11-9(5-6-14)10(12,13)18(16,17)8-4-2-1-3-7(8)15/h1-5,15H,6,14H2/b9-5-. The fourth-order valence-electron chi connectivity index (χ4n) is 1.17. The molecule has 0 spiro atoms. The highest BCUT2D eigenvalue weighted by Crippen LogP contribution is 2.38. The molecule has 0 aliphatic carbocycles. The molecule has 0 atom stereocenters. The molecule has 1 rings (SSSR count). The molecule has 0 saturated carbocycles. The normalized spacial score (nSPS) is 13.7. The fourth-order valence-corrected chi connectivity index (χ4v) is 2.39. The van der Waals surface area contributed by atoms with Crippen LogP contribution in [0.2, 0.25) is 0 Å². The van der Waals surface area contributed by atoms with Crippen molar-refractivity contribution in [2.75, 3.05) is 6.54 Å². The summed E-state index contributed by atoms with van der Waals surface area (Å²) in [5.41, 5.74) is 4.84. The van der Waals surface area contributed by atoms with E-state index < -0.39 is 38.1 Å². The summed E-state index contributed by atoms with van der Waals surface area (Å²) >= 11 is 0.